The number of esters is 2. The van der Waals surface area contributed by atoms with E-state index in [-0.39, 0.29) is 46.2 Å². The van der Waals surface area contributed by atoms with Gasteiger partial charge in [0.05, 0.1) is 42.3 Å². The largest absolute Gasteiger partial charge is 0.493 e. The van der Waals surface area contributed by atoms with Gasteiger partial charge in [-0.05, 0) is 37.6 Å². The number of allylic oxidation sites excluding steroid dienone is 1. The Balaban J connectivity index is 1.80. The molecule has 0 saturated carbocycles. The van der Waals surface area contributed by atoms with Crippen LogP contribution >= 0.6 is 11.3 Å². The normalized spacial score (nSPS) is 17.0. The quantitative estimate of drug-likeness (QED) is 0.242. The van der Waals surface area contributed by atoms with Gasteiger partial charge < -0.3 is 19.1 Å². The highest BCUT2D eigenvalue weighted by molar-refractivity contribution is 7.07. The molecule has 2 aliphatic rings. The van der Waals surface area contributed by atoms with Crippen molar-refractivity contribution in [1.29, 1.82) is 0 Å². The summed E-state index contributed by atoms with van der Waals surface area (Å²) in [5.74, 6) is -1.05. The van der Waals surface area contributed by atoms with Crippen molar-refractivity contribution in [2.45, 2.75) is 26.8 Å². The van der Waals surface area contributed by atoms with E-state index in [4.69, 9.17) is 14.2 Å². The number of rotatable bonds is 7. The fraction of sp³-hybridized carbons (Fsp3) is 0.233. The average Bonchev–Trinajstić information content (AvgIpc) is 3.40. The minimum atomic E-state index is -0.948. The first-order chi connectivity index (χ1) is 19.7. The minimum absolute atomic E-state index is 0.121. The number of anilines is 1. The molecule has 0 bridgehead atoms. The lowest BCUT2D eigenvalue weighted by atomic mass is 9.95. The summed E-state index contributed by atoms with van der Waals surface area (Å²) in [6, 6.07) is 11.1. The number of hydrogen-bond donors (Lipinski definition) is 0. The molecule has 0 aliphatic carbocycles. The van der Waals surface area contributed by atoms with Gasteiger partial charge in [0.25, 0.3) is 11.5 Å². The van der Waals surface area contributed by atoms with Crippen LogP contribution in [0.25, 0.3) is 5.57 Å². The summed E-state index contributed by atoms with van der Waals surface area (Å²) in [5, 5.41) is 0. The molecule has 3 heterocycles. The van der Waals surface area contributed by atoms with Crippen molar-refractivity contribution in [3.63, 3.8) is 0 Å². The molecule has 210 valence electrons. The Hall–Kier alpha value is -4.77. The van der Waals surface area contributed by atoms with Gasteiger partial charge in [-0.3, -0.25) is 19.0 Å². The first-order valence-electron chi connectivity index (χ1n) is 12.8. The van der Waals surface area contributed by atoms with Crippen LogP contribution in [0.2, 0.25) is 0 Å². The van der Waals surface area contributed by atoms with E-state index >= 15 is 0 Å². The Morgan fingerprint density at radius 3 is 2.59 bits per heavy atom. The number of para-hydroxylation sites is 1. The Kier molecular flexibility index (Phi) is 7.46. The summed E-state index contributed by atoms with van der Waals surface area (Å²) in [5.41, 5.74) is 2.16. The molecule has 0 spiro atoms. The Morgan fingerprint density at radius 1 is 1.15 bits per heavy atom. The highest BCUT2D eigenvalue weighted by atomic mass is 32.1. The molecule has 5 rings (SSSR count). The van der Waals surface area contributed by atoms with Crippen LogP contribution in [0.3, 0.4) is 0 Å². The van der Waals surface area contributed by atoms with Gasteiger partial charge in [-0.15, -0.1) is 6.58 Å². The standard InChI is InChI=1S/C30H27N3O7S/c1-6-14-32-20-11-9-8-10-19(20)24(27(32)35)26-28(36)33-25(18-12-13-21(40-17(4)34)22(15-18)38-5)23(29(37)39-7-2)16(3)31-30(33)41-26/h6,8-13,15,25H,1,7,14H2,2-5H3/b26-24-/t25-/m0/s1. The number of carbonyl (C=O) groups excluding carboxylic acids is 3. The molecule has 3 aromatic rings. The van der Waals surface area contributed by atoms with Crippen molar-refractivity contribution >= 4 is 40.4 Å². The lowest BCUT2D eigenvalue weighted by Crippen LogP contribution is -2.41. The summed E-state index contributed by atoms with van der Waals surface area (Å²) in [7, 11) is 1.42. The van der Waals surface area contributed by atoms with E-state index in [2.05, 4.69) is 11.6 Å². The van der Waals surface area contributed by atoms with Gasteiger partial charge >= 0.3 is 11.9 Å². The van der Waals surface area contributed by atoms with E-state index in [0.29, 0.717) is 27.3 Å². The lowest BCUT2D eigenvalue weighted by Gasteiger charge is -2.25. The van der Waals surface area contributed by atoms with E-state index in [1.54, 1.807) is 43.0 Å². The molecule has 0 fully saturated rings. The second-order valence-corrected chi connectivity index (χ2v) is 10.2. The molecule has 0 N–H and O–H groups in total. The molecule has 1 amide bonds. The molecule has 11 heteroatoms. The predicted molar refractivity (Wildman–Crippen MR) is 153 cm³/mol. The average molecular weight is 574 g/mol. The van der Waals surface area contributed by atoms with Crippen molar-refractivity contribution in [1.82, 2.24) is 4.57 Å². The zero-order valence-corrected chi connectivity index (χ0v) is 23.7. The van der Waals surface area contributed by atoms with Gasteiger partial charge in [-0.25, -0.2) is 9.79 Å². The Labute approximate surface area is 239 Å². The van der Waals surface area contributed by atoms with Crippen molar-refractivity contribution in [2.24, 2.45) is 4.99 Å². The van der Waals surface area contributed by atoms with E-state index in [9.17, 15) is 19.2 Å². The smallest absolute Gasteiger partial charge is 0.338 e. The lowest BCUT2D eigenvalue weighted by molar-refractivity contribution is -0.139. The van der Waals surface area contributed by atoms with Crippen molar-refractivity contribution in [3.8, 4) is 11.5 Å². The van der Waals surface area contributed by atoms with E-state index in [0.717, 1.165) is 11.3 Å². The number of hydrogen-bond acceptors (Lipinski definition) is 9. The van der Waals surface area contributed by atoms with E-state index < -0.39 is 23.5 Å². The third-order valence-electron chi connectivity index (χ3n) is 6.71. The van der Waals surface area contributed by atoms with Crippen LogP contribution in [0.4, 0.5) is 5.69 Å². The summed E-state index contributed by atoms with van der Waals surface area (Å²) in [6.07, 6.45) is 1.63. The zero-order valence-electron chi connectivity index (χ0n) is 22.9. The van der Waals surface area contributed by atoms with E-state index in [1.807, 2.05) is 18.2 Å². The second kappa shape index (κ2) is 11.0. The third-order valence-corrected chi connectivity index (χ3v) is 7.77. The summed E-state index contributed by atoms with van der Waals surface area (Å²) in [4.78, 5) is 59.2. The highest BCUT2D eigenvalue weighted by Gasteiger charge is 2.37. The molecular weight excluding hydrogens is 546 g/mol. The molecular formula is C30H27N3O7S. The van der Waals surface area contributed by atoms with Crippen LogP contribution < -0.4 is 29.3 Å². The molecule has 0 radical (unpaired) electrons. The molecule has 2 aliphatic heterocycles. The van der Waals surface area contributed by atoms with Gasteiger partial charge in [-0.2, -0.15) is 0 Å². The number of benzene rings is 2. The van der Waals surface area contributed by atoms with Gasteiger partial charge in [0, 0.05) is 19.0 Å². The van der Waals surface area contributed by atoms with Crippen LogP contribution in [0.1, 0.15) is 37.9 Å². The number of carbonyl (C=O) groups is 3. The molecule has 10 nitrogen and oxygen atoms in total. The molecule has 2 aromatic carbocycles. The fourth-order valence-electron chi connectivity index (χ4n) is 5.06. The summed E-state index contributed by atoms with van der Waals surface area (Å²) in [6.45, 7) is 8.79. The first kappa shape index (κ1) is 27.8. The van der Waals surface area contributed by atoms with Crippen molar-refractivity contribution in [2.75, 3.05) is 25.2 Å². The Morgan fingerprint density at radius 2 is 1.90 bits per heavy atom. The number of nitrogens with zero attached hydrogens (tertiary/aromatic N) is 3. The molecule has 0 saturated heterocycles. The summed E-state index contributed by atoms with van der Waals surface area (Å²) < 4.78 is 17.7. The zero-order chi connectivity index (χ0) is 29.4. The SMILES string of the molecule is C=CCN1C(=O)/C(=c2\sc3n(c2=O)[C@@H](c2ccc(OC(C)=O)c(OC)c2)C(C(=O)OCC)=C(C)N=3)c2ccccc21. The van der Waals surface area contributed by atoms with Crippen LogP contribution in [0.15, 0.2) is 76.2 Å². The number of fused-ring (bicyclic) bond motifs is 2. The molecule has 41 heavy (non-hydrogen) atoms. The second-order valence-electron chi connectivity index (χ2n) is 9.22. The van der Waals surface area contributed by atoms with Gasteiger partial charge in [-0.1, -0.05) is 41.7 Å². The first-order valence-corrected chi connectivity index (χ1v) is 13.6. The minimum Gasteiger partial charge on any atom is -0.493 e. The number of aromatic nitrogens is 1. The summed E-state index contributed by atoms with van der Waals surface area (Å²) >= 11 is 1.08. The third kappa shape index (κ3) is 4.67. The maximum absolute atomic E-state index is 14.2. The van der Waals surface area contributed by atoms with Gasteiger partial charge in [0.1, 0.15) is 4.53 Å². The molecule has 1 atom stereocenters. The Bertz CT molecular complexity index is 1830. The van der Waals surface area contributed by atoms with Crippen LogP contribution in [0.5, 0.6) is 11.5 Å². The number of thiazole rings is 1. The van der Waals surface area contributed by atoms with Crippen LogP contribution in [0, 0.1) is 0 Å². The fourth-order valence-corrected chi connectivity index (χ4v) is 6.20. The number of amides is 1. The maximum atomic E-state index is 14.2. The number of methoxy groups -OCH3 is 1. The topological polar surface area (TPSA) is 117 Å². The van der Waals surface area contributed by atoms with Gasteiger partial charge in [0.15, 0.2) is 16.3 Å². The van der Waals surface area contributed by atoms with Crippen LogP contribution in [-0.4, -0.2) is 42.7 Å². The van der Waals surface area contributed by atoms with Crippen LogP contribution in [-0.2, 0) is 19.1 Å². The number of ether oxygens (including phenoxy) is 3. The van der Waals surface area contributed by atoms with Gasteiger partial charge in [0.2, 0.25) is 0 Å². The highest BCUT2D eigenvalue weighted by Crippen LogP contribution is 2.37. The monoisotopic (exact) mass is 573 g/mol. The molecule has 0 unspecified atom stereocenters. The maximum Gasteiger partial charge on any atom is 0.338 e. The molecule has 1 aromatic heterocycles. The van der Waals surface area contributed by atoms with Crippen molar-refractivity contribution in [3.05, 3.63) is 97.2 Å². The predicted octanol–water partition coefficient (Wildman–Crippen LogP) is 2.63. The van der Waals surface area contributed by atoms with Crippen molar-refractivity contribution < 1.29 is 28.6 Å². The van der Waals surface area contributed by atoms with E-state index in [1.165, 1.54) is 24.7 Å².